The van der Waals surface area contributed by atoms with E-state index in [0.717, 1.165) is 5.47 Å². The van der Waals surface area contributed by atoms with E-state index in [2.05, 4.69) is 5.79 Å². The monoisotopic (exact) mass is 136 g/mol. The highest BCUT2D eigenvalue weighted by Crippen LogP contribution is 1.57. The Morgan fingerprint density at radius 1 is 1.25 bits per heavy atom. The number of ether oxygens (including phenoxy) is 1. The minimum Gasteiger partial charge on any atom is -0.400 e. The Labute approximate surface area is 61.2 Å². The Morgan fingerprint density at radius 2 is 1.62 bits per heavy atom. The van der Waals surface area contributed by atoms with Gasteiger partial charge in [-0.2, -0.15) is 0 Å². The van der Waals surface area contributed by atoms with E-state index in [4.69, 9.17) is 4.74 Å². The van der Waals surface area contributed by atoms with Gasteiger partial charge in [-0.1, -0.05) is 22.3 Å². The average Bonchev–Trinajstić information content (AvgIpc) is 1.41. The first-order valence-corrected chi connectivity index (χ1v) is 4.32. The third-order valence-electron chi connectivity index (χ3n) is 0.408. The summed E-state index contributed by atoms with van der Waals surface area (Å²) in [7, 11) is 1.75. The maximum atomic E-state index is 4.75. The fourth-order valence-electron chi connectivity index (χ4n) is 0.204. The van der Waals surface area contributed by atoms with Gasteiger partial charge in [0.1, 0.15) is 0 Å². The van der Waals surface area contributed by atoms with Gasteiger partial charge in [-0.15, -0.1) is 5.79 Å². The predicted octanol–water partition coefficient (Wildman–Crippen LogP) is 1.98. The summed E-state index contributed by atoms with van der Waals surface area (Å²) in [5, 5.41) is 0. The van der Waals surface area contributed by atoms with Crippen molar-refractivity contribution in [1.29, 1.82) is 0 Å². The molecule has 0 heterocycles. The summed E-state index contributed by atoms with van der Waals surface area (Å²) < 4.78 is 4.75. The summed E-state index contributed by atoms with van der Waals surface area (Å²) in [4.78, 5) is 0. The maximum absolute atomic E-state index is 4.75. The van der Waals surface area contributed by atoms with Crippen LogP contribution in [0.1, 0.15) is 22.3 Å². The summed E-state index contributed by atoms with van der Waals surface area (Å²) in [6.45, 7) is 0. The first-order chi connectivity index (χ1) is 2.41. The molecule has 0 radical (unpaired) electrons. The highest BCUT2D eigenvalue weighted by Gasteiger charge is 1.73. The number of methoxy groups -OCH3 is 1. The Hall–Kier alpha value is 0.492. The third-order valence-corrected chi connectivity index (χ3v) is 1.22. The van der Waals surface area contributed by atoms with Crippen molar-refractivity contribution >= 4 is 15.2 Å². The molecule has 0 aromatic carbocycles. The largest absolute Gasteiger partial charge is 0.400 e. The van der Waals surface area contributed by atoms with Crippen LogP contribution in [0.3, 0.4) is 0 Å². The van der Waals surface area contributed by atoms with E-state index in [-0.39, 0.29) is 37.5 Å². The molecule has 8 heavy (non-hydrogen) atoms. The average molecular weight is 136 g/mol. The molecule has 2 heteroatoms. The van der Waals surface area contributed by atoms with E-state index in [0.29, 0.717) is 0 Å². The van der Waals surface area contributed by atoms with Crippen LogP contribution in [0.5, 0.6) is 0 Å². The number of rotatable bonds is 2. The van der Waals surface area contributed by atoms with Gasteiger partial charge in [0.25, 0.3) is 15.2 Å². The molecule has 0 saturated carbocycles. The second-order valence-corrected chi connectivity index (χ2v) is 2.40. The second-order valence-electron chi connectivity index (χ2n) is 0.993. The van der Waals surface area contributed by atoms with Crippen molar-refractivity contribution in [2.24, 2.45) is 0 Å². The Kier molecular flexibility index (Phi) is 76.5. The van der Waals surface area contributed by atoms with Gasteiger partial charge < -0.3 is 4.74 Å². The van der Waals surface area contributed by atoms with Gasteiger partial charge in [0.15, 0.2) is 0 Å². The molecule has 0 aliphatic carbocycles. The van der Waals surface area contributed by atoms with Gasteiger partial charge in [0.2, 0.25) is 0 Å². The van der Waals surface area contributed by atoms with Gasteiger partial charge in [-0.05, 0) is 5.47 Å². The lowest BCUT2D eigenvalue weighted by atomic mass is 11.5. The fourth-order valence-corrected chi connectivity index (χ4v) is 0.612. The first kappa shape index (κ1) is 23.6. The van der Waals surface area contributed by atoms with Crippen molar-refractivity contribution in [3.63, 3.8) is 0 Å². The number of hydrogen-bond acceptors (Lipinski definition) is 1. The summed E-state index contributed by atoms with van der Waals surface area (Å²) in [5.41, 5.74) is 1.03. The van der Waals surface area contributed by atoms with E-state index in [9.17, 15) is 0 Å². The van der Waals surface area contributed by atoms with Crippen molar-refractivity contribution in [3.05, 3.63) is 0 Å². The minimum atomic E-state index is 0. The molecule has 0 bridgehead atoms. The molecular formula is C6H21AlO. The van der Waals surface area contributed by atoms with E-state index in [1.807, 2.05) is 0 Å². The zero-order chi connectivity index (χ0) is 4.12. The van der Waals surface area contributed by atoms with Gasteiger partial charge in [-0.25, -0.2) is 0 Å². The minimum absolute atomic E-state index is 0. The molecule has 0 aromatic heterocycles. The Balaban J connectivity index is -0.0000000267. The Bertz CT molecular complexity index is 16.0. The lowest BCUT2D eigenvalue weighted by Gasteiger charge is -1.81. The topological polar surface area (TPSA) is 9.23 Å². The van der Waals surface area contributed by atoms with Gasteiger partial charge in [0.05, 0.1) is 0 Å². The van der Waals surface area contributed by atoms with Crippen molar-refractivity contribution in [1.82, 2.24) is 0 Å². The van der Waals surface area contributed by atoms with Gasteiger partial charge in [0, 0.05) is 7.11 Å². The molecule has 1 nitrogen and oxygen atoms in total. The molecule has 0 atom stereocenters. The van der Waals surface area contributed by atoms with Crippen LogP contribution in [0.2, 0.25) is 5.79 Å². The lowest BCUT2D eigenvalue weighted by Crippen LogP contribution is -1.92. The molecule has 0 aliphatic rings. The number of hydrogen-bond donors (Lipinski definition) is 0. The third kappa shape index (κ3) is 31.5. The molecule has 0 spiro atoms. The van der Waals surface area contributed by atoms with Crippen LogP contribution in [-0.4, -0.2) is 27.8 Å². The smallest absolute Gasteiger partial charge is 0.274 e. The molecule has 0 unspecified atom stereocenters. The molecule has 0 saturated heterocycles. The highest BCUT2D eigenvalue weighted by molar-refractivity contribution is 6.33. The molecule has 54 valence electrons. The van der Waals surface area contributed by atoms with Crippen molar-refractivity contribution in [2.45, 2.75) is 28.1 Å². The summed E-state index contributed by atoms with van der Waals surface area (Å²) in [6, 6.07) is 0. The van der Waals surface area contributed by atoms with Gasteiger partial charge in [-0.3, -0.25) is 0 Å². The molecule has 0 aliphatic heterocycles. The molecule has 0 amide bonds. The standard InChI is InChI=1S/C2H5O.3CH4.CH3.Al.H/c1-3-2;;;;;;/h1H2,2H3;3*1H4;1H3;;. The van der Waals surface area contributed by atoms with Crippen LogP contribution in [0, 0.1) is 0 Å². The van der Waals surface area contributed by atoms with Crippen LogP contribution in [0.25, 0.3) is 0 Å². The normalized spacial score (nSPS) is 4.75. The molecule has 0 fully saturated rings. The van der Waals surface area contributed by atoms with E-state index in [1.165, 1.54) is 0 Å². The SMILES string of the molecule is C.C.C.CO[CH2][AlH][CH3]. The summed E-state index contributed by atoms with van der Waals surface area (Å²) in [6.07, 6.45) is 0. The summed E-state index contributed by atoms with van der Waals surface area (Å²) in [5.74, 6) is 2.23. The fraction of sp³-hybridized carbons (Fsp3) is 1.00. The summed E-state index contributed by atoms with van der Waals surface area (Å²) >= 11 is 0.192. The quantitative estimate of drug-likeness (QED) is 0.527. The van der Waals surface area contributed by atoms with E-state index in [1.54, 1.807) is 7.11 Å². The Morgan fingerprint density at radius 3 is 1.62 bits per heavy atom. The lowest BCUT2D eigenvalue weighted by molar-refractivity contribution is 0.252. The van der Waals surface area contributed by atoms with Crippen LogP contribution < -0.4 is 0 Å². The molecule has 0 rings (SSSR count). The van der Waals surface area contributed by atoms with Gasteiger partial charge >= 0.3 is 0 Å². The predicted molar refractivity (Wildman–Crippen MR) is 45.1 cm³/mol. The van der Waals surface area contributed by atoms with Crippen LogP contribution >= 0.6 is 0 Å². The first-order valence-electron chi connectivity index (χ1n) is 1.90. The van der Waals surface area contributed by atoms with E-state index >= 15 is 0 Å². The van der Waals surface area contributed by atoms with Crippen molar-refractivity contribution in [2.75, 3.05) is 12.6 Å². The second kappa shape index (κ2) is 25.9. The van der Waals surface area contributed by atoms with Crippen molar-refractivity contribution < 1.29 is 4.74 Å². The van der Waals surface area contributed by atoms with Crippen LogP contribution in [0.15, 0.2) is 0 Å². The van der Waals surface area contributed by atoms with E-state index < -0.39 is 0 Å². The maximum Gasteiger partial charge on any atom is 0.274 e. The zero-order valence-corrected chi connectivity index (χ0v) is 5.24. The van der Waals surface area contributed by atoms with Crippen LogP contribution in [0.4, 0.5) is 0 Å². The molecule has 0 N–H and O–H groups in total. The van der Waals surface area contributed by atoms with Crippen LogP contribution in [-0.2, 0) is 4.74 Å². The van der Waals surface area contributed by atoms with Crippen molar-refractivity contribution in [3.8, 4) is 0 Å². The molecule has 0 aromatic rings. The highest BCUT2D eigenvalue weighted by atomic mass is 27.1. The zero-order valence-electron chi connectivity index (χ0n) is 3.82. The molecular weight excluding hydrogens is 115 g/mol.